The normalized spacial score (nSPS) is 14.4. The van der Waals surface area contributed by atoms with Gasteiger partial charge in [-0.15, -0.1) is 0 Å². The molecule has 1 saturated heterocycles. The van der Waals surface area contributed by atoms with Crippen LogP contribution in [0.5, 0.6) is 0 Å². The topological polar surface area (TPSA) is 48.5 Å². The summed E-state index contributed by atoms with van der Waals surface area (Å²) in [5.74, 6) is -0.0456. The molecule has 5 heteroatoms. The average Bonchev–Trinajstić information content (AvgIpc) is 2.91. The van der Waals surface area contributed by atoms with Crippen molar-refractivity contribution >= 4 is 17.7 Å². The summed E-state index contributed by atoms with van der Waals surface area (Å²) in [4.78, 5) is 21.1. The zero-order valence-electron chi connectivity index (χ0n) is 19.8. The van der Waals surface area contributed by atoms with Crippen LogP contribution in [0.15, 0.2) is 85.2 Å². The zero-order valence-corrected chi connectivity index (χ0v) is 19.8. The lowest BCUT2D eigenvalue weighted by molar-refractivity contribution is -0.116. The van der Waals surface area contributed by atoms with Crippen molar-refractivity contribution in [3.8, 4) is 11.1 Å². The largest absolute Gasteiger partial charge is 0.368 e. The van der Waals surface area contributed by atoms with E-state index in [0.29, 0.717) is 0 Å². The number of nitrogens with zero attached hydrogens (tertiary/aromatic N) is 3. The highest BCUT2D eigenvalue weighted by atomic mass is 16.1. The summed E-state index contributed by atoms with van der Waals surface area (Å²) in [6.07, 6.45) is 10.1. The van der Waals surface area contributed by atoms with Crippen molar-refractivity contribution in [3.63, 3.8) is 0 Å². The number of rotatable bonds is 10. The molecule has 0 aliphatic carbocycles. The monoisotopic (exact) mass is 454 g/mol. The maximum absolute atomic E-state index is 11.9. The van der Waals surface area contributed by atoms with E-state index in [-0.39, 0.29) is 5.91 Å². The number of aromatic nitrogens is 1. The molecule has 0 bridgehead atoms. The summed E-state index contributed by atoms with van der Waals surface area (Å²) in [5.41, 5.74) is 4.86. The Labute approximate surface area is 203 Å². The van der Waals surface area contributed by atoms with E-state index in [9.17, 15) is 4.79 Å². The van der Waals surface area contributed by atoms with Gasteiger partial charge in [0.05, 0.1) is 0 Å². The Bertz CT molecular complexity index is 1040. The van der Waals surface area contributed by atoms with Crippen LogP contribution in [0.25, 0.3) is 17.2 Å². The number of nitrogens with one attached hydrogen (secondary N) is 1. The minimum absolute atomic E-state index is 0.0456. The molecule has 1 aliphatic rings. The number of anilines is 1. The number of piperazine rings is 1. The third-order valence-corrected chi connectivity index (χ3v) is 6.26. The highest BCUT2D eigenvalue weighted by molar-refractivity contribution is 5.91. The lowest BCUT2D eigenvalue weighted by Gasteiger charge is -2.37. The number of hydrogen-bond donors (Lipinski definition) is 1. The Kier molecular flexibility index (Phi) is 8.86. The molecule has 2 aromatic carbocycles. The summed E-state index contributed by atoms with van der Waals surface area (Å²) < 4.78 is 0. The van der Waals surface area contributed by atoms with Crippen molar-refractivity contribution in [2.75, 3.05) is 44.2 Å². The van der Waals surface area contributed by atoms with Gasteiger partial charge in [0, 0.05) is 62.4 Å². The van der Waals surface area contributed by atoms with Crippen LogP contribution in [-0.4, -0.2) is 55.1 Å². The highest BCUT2D eigenvalue weighted by Gasteiger charge is 2.19. The fourth-order valence-corrected chi connectivity index (χ4v) is 4.38. The van der Waals surface area contributed by atoms with Crippen LogP contribution in [0.4, 0.5) is 5.69 Å². The SMILES string of the molecule is O=C(C=Cc1cccnc1)NCCCCCN1CCN(c2ccccc2-c2ccccc2)CC1. The van der Waals surface area contributed by atoms with Gasteiger partial charge in [-0.1, -0.05) is 61.0 Å². The number of hydrogen-bond acceptors (Lipinski definition) is 4. The Morgan fingerprint density at radius 2 is 1.68 bits per heavy atom. The van der Waals surface area contributed by atoms with Crippen molar-refractivity contribution in [1.29, 1.82) is 0 Å². The maximum Gasteiger partial charge on any atom is 0.243 e. The lowest BCUT2D eigenvalue weighted by atomic mass is 10.0. The molecule has 0 radical (unpaired) electrons. The van der Waals surface area contributed by atoms with Crippen molar-refractivity contribution in [2.24, 2.45) is 0 Å². The van der Waals surface area contributed by atoms with E-state index in [1.165, 1.54) is 23.2 Å². The van der Waals surface area contributed by atoms with Gasteiger partial charge in [-0.25, -0.2) is 0 Å². The smallest absolute Gasteiger partial charge is 0.243 e. The first-order valence-corrected chi connectivity index (χ1v) is 12.3. The van der Waals surface area contributed by atoms with Crippen LogP contribution >= 0.6 is 0 Å². The van der Waals surface area contributed by atoms with Gasteiger partial charge < -0.3 is 10.2 Å². The molecular weight excluding hydrogens is 420 g/mol. The Morgan fingerprint density at radius 3 is 2.47 bits per heavy atom. The van der Waals surface area contributed by atoms with Gasteiger partial charge in [-0.2, -0.15) is 0 Å². The molecule has 0 spiro atoms. The molecule has 3 aromatic rings. The minimum atomic E-state index is -0.0456. The number of para-hydroxylation sites is 1. The minimum Gasteiger partial charge on any atom is -0.368 e. The second kappa shape index (κ2) is 12.7. The fraction of sp³-hybridized carbons (Fsp3) is 0.310. The lowest BCUT2D eigenvalue weighted by Crippen LogP contribution is -2.46. The van der Waals surface area contributed by atoms with Gasteiger partial charge in [0.2, 0.25) is 5.91 Å². The van der Waals surface area contributed by atoms with Gasteiger partial charge in [-0.05, 0) is 48.7 Å². The van der Waals surface area contributed by atoms with Crippen molar-refractivity contribution in [2.45, 2.75) is 19.3 Å². The molecule has 1 amide bonds. The predicted molar refractivity (Wildman–Crippen MR) is 141 cm³/mol. The van der Waals surface area contributed by atoms with Crippen molar-refractivity contribution in [3.05, 3.63) is 90.8 Å². The molecule has 1 fully saturated rings. The standard InChI is InChI=1S/C29H34N4O/c34-29(16-15-25-10-9-17-30-24-25)31-18-7-2-8-19-32-20-22-33(23-21-32)28-14-6-5-13-27(28)26-11-3-1-4-12-26/h1,3-6,9-17,24H,2,7-8,18-23H2,(H,31,34). The predicted octanol–water partition coefficient (Wildman–Crippen LogP) is 4.87. The molecule has 4 rings (SSSR count). The van der Waals surface area contributed by atoms with Crippen LogP contribution in [-0.2, 0) is 4.79 Å². The summed E-state index contributed by atoms with van der Waals surface area (Å²) in [6, 6.07) is 23.2. The zero-order chi connectivity index (χ0) is 23.4. The number of pyridine rings is 1. The molecule has 5 nitrogen and oxygen atoms in total. The van der Waals surface area contributed by atoms with E-state index in [2.05, 4.69) is 74.7 Å². The average molecular weight is 455 g/mol. The van der Waals surface area contributed by atoms with Gasteiger partial charge in [0.25, 0.3) is 0 Å². The van der Waals surface area contributed by atoms with Crippen LogP contribution in [0.3, 0.4) is 0 Å². The van der Waals surface area contributed by atoms with E-state index in [1.54, 1.807) is 24.5 Å². The molecule has 34 heavy (non-hydrogen) atoms. The summed E-state index contributed by atoms with van der Waals surface area (Å²) in [5, 5.41) is 2.97. The van der Waals surface area contributed by atoms with Crippen LogP contribution in [0.2, 0.25) is 0 Å². The molecular formula is C29H34N4O. The summed E-state index contributed by atoms with van der Waals surface area (Å²) in [6.45, 7) is 6.16. The Balaban J connectivity index is 1.12. The number of benzene rings is 2. The van der Waals surface area contributed by atoms with Crippen molar-refractivity contribution in [1.82, 2.24) is 15.2 Å². The first-order chi connectivity index (χ1) is 16.8. The first-order valence-electron chi connectivity index (χ1n) is 12.3. The van der Waals surface area contributed by atoms with Crippen molar-refractivity contribution < 1.29 is 4.79 Å². The number of amides is 1. The van der Waals surface area contributed by atoms with E-state index in [0.717, 1.165) is 57.7 Å². The number of carbonyl (C=O) groups is 1. The van der Waals surface area contributed by atoms with E-state index < -0.39 is 0 Å². The van der Waals surface area contributed by atoms with Crippen LogP contribution in [0, 0.1) is 0 Å². The van der Waals surface area contributed by atoms with E-state index >= 15 is 0 Å². The molecule has 0 saturated carbocycles. The number of unbranched alkanes of at least 4 members (excludes halogenated alkanes) is 2. The van der Waals surface area contributed by atoms with Gasteiger partial charge in [0.1, 0.15) is 0 Å². The van der Waals surface area contributed by atoms with Crippen LogP contribution in [0.1, 0.15) is 24.8 Å². The second-order valence-corrected chi connectivity index (χ2v) is 8.68. The number of carbonyl (C=O) groups excluding carboxylic acids is 1. The quantitative estimate of drug-likeness (QED) is 0.351. The Hall–Kier alpha value is -3.44. The molecule has 1 N–H and O–H groups in total. The van der Waals surface area contributed by atoms with E-state index in [4.69, 9.17) is 0 Å². The van der Waals surface area contributed by atoms with Gasteiger partial charge >= 0.3 is 0 Å². The molecule has 1 aromatic heterocycles. The second-order valence-electron chi connectivity index (χ2n) is 8.68. The molecule has 0 unspecified atom stereocenters. The summed E-state index contributed by atoms with van der Waals surface area (Å²) in [7, 11) is 0. The maximum atomic E-state index is 11.9. The van der Waals surface area contributed by atoms with Crippen LogP contribution < -0.4 is 10.2 Å². The van der Waals surface area contributed by atoms with Gasteiger partial charge in [0.15, 0.2) is 0 Å². The van der Waals surface area contributed by atoms with Gasteiger partial charge in [-0.3, -0.25) is 14.7 Å². The molecule has 0 atom stereocenters. The first kappa shape index (κ1) is 23.7. The Morgan fingerprint density at radius 1 is 0.882 bits per heavy atom. The third kappa shape index (κ3) is 7.03. The molecule has 176 valence electrons. The van der Waals surface area contributed by atoms with E-state index in [1.807, 2.05) is 12.1 Å². The molecule has 2 heterocycles. The summed E-state index contributed by atoms with van der Waals surface area (Å²) >= 11 is 0. The highest BCUT2D eigenvalue weighted by Crippen LogP contribution is 2.31. The fourth-order valence-electron chi connectivity index (χ4n) is 4.38. The third-order valence-electron chi connectivity index (χ3n) is 6.26. The molecule has 1 aliphatic heterocycles.